The van der Waals surface area contributed by atoms with Crippen LogP contribution in [0.4, 0.5) is 11.5 Å². The van der Waals surface area contributed by atoms with Crippen LogP contribution in [-0.4, -0.2) is 96.7 Å². The fourth-order valence-electron chi connectivity index (χ4n) is 6.27. The highest BCUT2D eigenvalue weighted by molar-refractivity contribution is 6.37. The molecule has 0 saturated carbocycles. The molecule has 0 N–H and O–H groups in total. The van der Waals surface area contributed by atoms with Gasteiger partial charge in [0.15, 0.2) is 17.3 Å². The molecule has 12 heteroatoms. The van der Waals surface area contributed by atoms with E-state index in [9.17, 15) is 14.9 Å². The number of hydrogen-bond acceptors (Lipinski definition) is 9. The van der Waals surface area contributed by atoms with Crippen molar-refractivity contribution in [2.24, 2.45) is 0 Å². The Morgan fingerprint density at radius 1 is 1.18 bits per heavy atom. The number of rotatable bonds is 7. The minimum absolute atomic E-state index is 0.0789. The van der Waals surface area contributed by atoms with Crippen molar-refractivity contribution < 1.29 is 19.1 Å². The van der Waals surface area contributed by atoms with Crippen molar-refractivity contribution >= 4 is 45.7 Å². The van der Waals surface area contributed by atoms with Crippen molar-refractivity contribution in [3.63, 3.8) is 0 Å². The SMILES string of the molecule is C=CC(=O)N1CCN(c2nc(OC[C@H]3CCCN3C)nc3c2OCCN(c2cccc4cccc(Cl)c24)C3=O)C[C@@H]1CC#N. The number of anilines is 2. The molecule has 0 unspecified atom stereocenters. The molecule has 2 atom stereocenters. The molecule has 11 nitrogen and oxygen atoms in total. The second-order valence-electron chi connectivity index (χ2n) is 11.2. The molecule has 0 spiro atoms. The second kappa shape index (κ2) is 12.7. The van der Waals surface area contributed by atoms with Crippen molar-refractivity contribution in [3.05, 3.63) is 59.8 Å². The number of hydrogen-bond donors (Lipinski definition) is 0. The summed E-state index contributed by atoms with van der Waals surface area (Å²) in [5.41, 5.74) is 0.753. The lowest BCUT2D eigenvalue weighted by molar-refractivity contribution is -0.128. The molecule has 0 radical (unpaired) electrons. The Bertz CT molecular complexity index is 1640. The highest BCUT2D eigenvalue weighted by Gasteiger charge is 2.36. The third-order valence-corrected chi connectivity index (χ3v) is 8.92. The maximum absolute atomic E-state index is 14.4. The molecule has 4 heterocycles. The predicted octanol–water partition coefficient (Wildman–Crippen LogP) is 3.91. The first-order valence-electron chi connectivity index (χ1n) is 14.8. The minimum Gasteiger partial charge on any atom is -0.486 e. The number of likely N-dealkylation sites (N-methyl/N-ethyl adjacent to an activating group) is 1. The first kappa shape index (κ1) is 29.7. The van der Waals surface area contributed by atoms with Gasteiger partial charge < -0.3 is 29.1 Å². The van der Waals surface area contributed by atoms with E-state index in [4.69, 9.17) is 26.1 Å². The van der Waals surface area contributed by atoms with Crippen molar-refractivity contribution in [2.45, 2.75) is 31.3 Å². The van der Waals surface area contributed by atoms with E-state index >= 15 is 0 Å². The molecule has 228 valence electrons. The number of nitrogens with zero attached hydrogens (tertiary/aromatic N) is 7. The van der Waals surface area contributed by atoms with Gasteiger partial charge in [0, 0.05) is 31.1 Å². The van der Waals surface area contributed by atoms with E-state index in [0.717, 1.165) is 30.2 Å². The zero-order valence-electron chi connectivity index (χ0n) is 24.6. The molecular formula is C32H34ClN7O4. The zero-order valence-corrected chi connectivity index (χ0v) is 25.4. The fraction of sp³-hybridized carbons (Fsp3) is 0.406. The standard InChI is InChI=1S/C32H34ClN7O4/c1-3-26(41)39-16-15-38(19-22(39)12-13-34)30-29-28(35-32(36-30)44-20-23-9-6-14-37(23)2)31(42)40(17-18-43-29)25-11-5-8-21-7-4-10-24(33)27(21)25/h3-5,7-8,10-11,22-23H,1,6,9,12,14-20H2,2H3/t22-,23+/m0/s1. The van der Waals surface area contributed by atoms with Crippen molar-refractivity contribution in [2.75, 3.05) is 62.8 Å². The van der Waals surface area contributed by atoms with Crippen LogP contribution in [0.3, 0.4) is 0 Å². The van der Waals surface area contributed by atoms with Gasteiger partial charge in [0.1, 0.15) is 13.2 Å². The third kappa shape index (κ3) is 5.63. The largest absolute Gasteiger partial charge is 0.486 e. The third-order valence-electron chi connectivity index (χ3n) is 8.60. The summed E-state index contributed by atoms with van der Waals surface area (Å²) in [6.07, 6.45) is 3.49. The number of halogens is 1. The maximum atomic E-state index is 14.4. The molecule has 2 saturated heterocycles. The molecule has 0 aliphatic carbocycles. The summed E-state index contributed by atoms with van der Waals surface area (Å²) in [6, 6.07) is 13.5. The number of amides is 2. The molecule has 3 aliphatic rings. The Balaban J connectivity index is 1.40. The molecule has 2 fully saturated rings. The van der Waals surface area contributed by atoms with Gasteiger partial charge in [-0.1, -0.05) is 42.4 Å². The van der Waals surface area contributed by atoms with Gasteiger partial charge in [0.2, 0.25) is 5.91 Å². The summed E-state index contributed by atoms with van der Waals surface area (Å²) in [7, 11) is 2.06. The lowest BCUT2D eigenvalue weighted by atomic mass is 10.1. The Morgan fingerprint density at radius 2 is 2.00 bits per heavy atom. The van der Waals surface area contributed by atoms with E-state index in [2.05, 4.69) is 29.6 Å². The normalized spacial score (nSPS) is 20.6. The Morgan fingerprint density at radius 3 is 2.75 bits per heavy atom. The summed E-state index contributed by atoms with van der Waals surface area (Å²) >= 11 is 6.64. The van der Waals surface area contributed by atoms with Gasteiger partial charge in [-0.15, -0.1) is 0 Å². The summed E-state index contributed by atoms with van der Waals surface area (Å²) in [4.78, 5) is 43.8. The number of carbonyl (C=O) groups excluding carboxylic acids is 2. The minimum atomic E-state index is -0.392. The van der Waals surface area contributed by atoms with E-state index < -0.39 is 6.04 Å². The van der Waals surface area contributed by atoms with Gasteiger partial charge in [0.05, 0.1) is 35.8 Å². The summed E-state index contributed by atoms with van der Waals surface area (Å²) in [6.45, 7) is 6.53. The van der Waals surface area contributed by atoms with Crippen LogP contribution < -0.4 is 19.3 Å². The number of nitriles is 1. The molecule has 2 aromatic carbocycles. The first-order chi connectivity index (χ1) is 21.4. The van der Waals surface area contributed by atoms with E-state index in [0.29, 0.717) is 42.8 Å². The fourth-order valence-corrected chi connectivity index (χ4v) is 6.55. The predicted molar refractivity (Wildman–Crippen MR) is 167 cm³/mol. The number of likely N-dealkylation sites (tertiary alicyclic amines) is 1. The maximum Gasteiger partial charge on any atom is 0.319 e. The number of aromatic nitrogens is 2. The van der Waals surface area contributed by atoms with Gasteiger partial charge in [-0.05, 0) is 50.0 Å². The lowest BCUT2D eigenvalue weighted by Crippen LogP contribution is -2.55. The average molecular weight is 616 g/mol. The molecule has 6 rings (SSSR count). The summed E-state index contributed by atoms with van der Waals surface area (Å²) in [5.74, 6) is 0.0790. The molecule has 2 amide bonds. The number of fused-ring (bicyclic) bond motifs is 2. The Kier molecular flexibility index (Phi) is 8.55. The zero-order chi connectivity index (χ0) is 30.8. The van der Waals surface area contributed by atoms with Crippen molar-refractivity contribution in [1.82, 2.24) is 19.8 Å². The number of benzene rings is 2. The molecule has 1 aromatic heterocycles. The Hall–Kier alpha value is -4.40. The number of carbonyl (C=O) groups is 2. The van der Waals surface area contributed by atoms with E-state index in [1.807, 2.05) is 35.2 Å². The molecular weight excluding hydrogens is 582 g/mol. The number of piperazine rings is 1. The van der Waals surface area contributed by atoms with Gasteiger partial charge >= 0.3 is 6.01 Å². The smallest absolute Gasteiger partial charge is 0.319 e. The monoisotopic (exact) mass is 615 g/mol. The second-order valence-corrected chi connectivity index (χ2v) is 11.6. The van der Waals surface area contributed by atoms with Crippen molar-refractivity contribution in [3.8, 4) is 17.8 Å². The molecule has 0 bridgehead atoms. The van der Waals surface area contributed by atoms with Crippen molar-refractivity contribution in [1.29, 1.82) is 5.26 Å². The van der Waals surface area contributed by atoms with Crippen LogP contribution in [0.5, 0.6) is 11.8 Å². The quantitative estimate of drug-likeness (QED) is 0.365. The summed E-state index contributed by atoms with van der Waals surface area (Å²) < 4.78 is 12.4. The van der Waals surface area contributed by atoms with Gasteiger partial charge in [0.25, 0.3) is 5.91 Å². The van der Waals surface area contributed by atoms with Crippen LogP contribution in [-0.2, 0) is 4.79 Å². The van der Waals surface area contributed by atoms with Crippen LogP contribution >= 0.6 is 11.6 Å². The highest BCUT2D eigenvalue weighted by atomic mass is 35.5. The van der Waals surface area contributed by atoms with Crippen LogP contribution in [0.2, 0.25) is 5.02 Å². The van der Waals surface area contributed by atoms with Gasteiger partial charge in [-0.2, -0.15) is 15.2 Å². The average Bonchev–Trinajstić information content (AvgIpc) is 3.38. The van der Waals surface area contributed by atoms with Crippen LogP contribution in [0.15, 0.2) is 49.1 Å². The van der Waals surface area contributed by atoms with Gasteiger partial charge in [-0.25, -0.2) is 0 Å². The van der Waals surface area contributed by atoms with Crippen LogP contribution in [0, 0.1) is 11.3 Å². The molecule has 44 heavy (non-hydrogen) atoms. The molecule has 3 aromatic rings. The van der Waals surface area contributed by atoms with E-state index in [1.165, 1.54) is 6.08 Å². The number of ether oxygens (including phenoxy) is 2. The Labute approximate surface area is 261 Å². The lowest BCUT2D eigenvalue weighted by Gasteiger charge is -2.41. The summed E-state index contributed by atoms with van der Waals surface area (Å²) in [5, 5.41) is 11.7. The topological polar surface area (TPSA) is 115 Å². The van der Waals surface area contributed by atoms with E-state index in [1.54, 1.807) is 15.9 Å². The van der Waals surface area contributed by atoms with E-state index in [-0.39, 0.29) is 54.9 Å². The highest BCUT2D eigenvalue weighted by Crippen LogP contribution is 2.39. The van der Waals surface area contributed by atoms with Crippen LogP contribution in [0.25, 0.3) is 10.8 Å². The van der Waals surface area contributed by atoms with Crippen LogP contribution in [0.1, 0.15) is 29.8 Å². The van der Waals surface area contributed by atoms with Gasteiger partial charge in [-0.3, -0.25) is 9.59 Å². The first-order valence-corrected chi connectivity index (χ1v) is 15.2. The molecule has 3 aliphatic heterocycles.